The topological polar surface area (TPSA) is 85.8 Å². The normalized spacial score (nSPS) is 16.3. The van der Waals surface area contributed by atoms with Gasteiger partial charge in [0.25, 0.3) is 0 Å². The highest BCUT2D eigenvalue weighted by Crippen LogP contribution is 2.09. The summed E-state index contributed by atoms with van der Waals surface area (Å²) in [7, 11) is 0. The smallest absolute Gasteiger partial charge is 0.225 e. The van der Waals surface area contributed by atoms with Gasteiger partial charge in [-0.05, 0) is 26.3 Å². The van der Waals surface area contributed by atoms with E-state index in [-0.39, 0.29) is 11.9 Å². The zero-order chi connectivity index (χ0) is 18.8. The molecule has 1 amide bonds. The quantitative estimate of drug-likeness (QED) is 0.554. The number of aromatic nitrogens is 2. The number of amides is 1. The number of nitrogens with one attached hydrogen (secondary N) is 2. The number of hydrogen-bond donors (Lipinski definition) is 2. The van der Waals surface area contributed by atoms with E-state index in [4.69, 9.17) is 0 Å². The number of guanidine groups is 1. The summed E-state index contributed by atoms with van der Waals surface area (Å²) in [5.74, 6) is 1.71. The number of carbonyl (C=O) groups excluding carboxylic acids is 1. The highest BCUT2D eigenvalue weighted by Gasteiger charge is 2.21. The number of carbonyl (C=O) groups is 1. The van der Waals surface area contributed by atoms with Gasteiger partial charge in [-0.25, -0.2) is 9.97 Å². The van der Waals surface area contributed by atoms with Crippen molar-refractivity contribution in [3.05, 3.63) is 18.5 Å². The Balaban J connectivity index is 1.84. The fraction of sp³-hybridized carbons (Fsp3) is 0.667. The van der Waals surface area contributed by atoms with E-state index in [0.29, 0.717) is 13.0 Å². The van der Waals surface area contributed by atoms with Crippen LogP contribution in [0.3, 0.4) is 0 Å². The van der Waals surface area contributed by atoms with Gasteiger partial charge >= 0.3 is 0 Å². The van der Waals surface area contributed by atoms with Crippen molar-refractivity contribution in [1.82, 2.24) is 25.5 Å². The second-order valence-corrected chi connectivity index (χ2v) is 6.39. The van der Waals surface area contributed by atoms with Crippen LogP contribution < -0.4 is 15.5 Å². The van der Waals surface area contributed by atoms with Gasteiger partial charge in [0, 0.05) is 57.6 Å². The molecule has 1 aliphatic rings. The molecule has 1 aromatic heterocycles. The van der Waals surface area contributed by atoms with Gasteiger partial charge in [-0.15, -0.1) is 0 Å². The van der Waals surface area contributed by atoms with E-state index in [0.717, 1.165) is 51.1 Å². The Morgan fingerprint density at radius 2 is 1.92 bits per heavy atom. The van der Waals surface area contributed by atoms with Crippen LogP contribution in [0.1, 0.15) is 33.6 Å². The van der Waals surface area contributed by atoms with E-state index in [1.807, 2.05) is 13.0 Å². The van der Waals surface area contributed by atoms with Crippen LogP contribution in [0.25, 0.3) is 0 Å². The number of nitrogens with zero attached hydrogens (tertiary/aromatic N) is 5. The van der Waals surface area contributed by atoms with Crippen LogP contribution in [-0.4, -0.2) is 72.0 Å². The van der Waals surface area contributed by atoms with Crippen molar-refractivity contribution in [2.45, 2.75) is 39.7 Å². The van der Waals surface area contributed by atoms with Crippen LogP contribution in [0, 0.1) is 0 Å². The summed E-state index contributed by atoms with van der Waals surface area (Å²) in [6.45, 7) is 10.8. The summed E-state index contributed by atoms with van der Waals surface area (Å²) >= 11 is 0. The predicted molar refractivity (Wildman–Crippen MR) is 104 cm³/mol. The summed E-state index contributed by atoms with van der Waals surface area (Å²) in [4.78, 5) is 29.6. The monoisotopic (exact) mass is 361 g/mol. The Kier molecular flexibility index (Phi) is 8.11. The van der Waals surface area contributed by atoms with Gasteiger partial charge < -0.3 is 20.4 Å². The molecule has 0 bridgehead atoms. The average molecular weight is 361 g/mol. The molecule has 26 heavy (non-hydrogen) atoms. The van der Waals surface area contributed by atoms with E-state index in [2.05, 4.69) is 49.2 Å². The largest absolute Gasteiger partial charge is 0.357 e. The molecule has 8 heteroatoms. The lowest BCUT2D eigenvalue weighted by molar-refractivity contribution is -0.121. The number of aliphatic imine (C=N–C) groups is 1. The third-order valence-electron chi connectivity index (χ3n) is 4.37. The summed E-state index contributed by atoms with van der Waals surface area (Å²) < 4.78 is 0. The van der Waals surface area contributed by atoms with Gasteiger partial charge in [0.1, 0.15) is 0 Å². The zero-order valence-corrected chi connectivity index (χ0v) is 16.1. The lowest BCUT2D eigenvalue weighted by Crippen LogP contribution is -2.53. The van der Waals surface area contributed by atoms with Crippen LogP contribution in [-0.2, 0) is 4.79 Å². The molecule has 8 nitrogen and oxygen atoms in total. The van der Waals surface area contributed by atoms with Crippen molar-refractivity contribution in [3.63, 3.8) is 0 Å². The molecule has 0 saturated carbocycles. The number of anilines is 1. The minimum absolute atomic E-state index is 0.0602. The van der Waals surface area contributed by atoms with Crippen LogP contribution in [0.5, 0.6) is 0 Å². The van der Waals surface area contributed by atoms with Crippen LogP contribution >= 0.6 is 0 Å². The fourth-order valence-electron chi connectivity index (χ4n) is 2.71. The molecular weight excluding hydrogens is 330 g/mol. The number of hydrogen-bond acceptors (Lipinski definition) is 5. The molecule has 2 rings (SSSR count). The van der Waals surface area contributed by atoms with Crippen molar-refractivity contribution in [2.75, 3.05) is 44.2 Å². The minimum Gasteiger partial charge on any atom is -0.357 e. The molecule has 2 N–H and O–H groups in total. The van der Waals surface area contributed by atoms with Crippen molar-refractivity contribution in [2.24, 2.45) is 4.99 Å². The van der Waals surface area contributed by atoms with Gasteiger partial charge in [0.05, 0.1) is 6.54 Å². The van der Waals surface area contributed by atoms with Gasteiger partial charge in [-0.3, -0.25) is 9.79 Å². The highest BCUT2D eigenvalue weighted by atomic mass is 16.1. The third kappa shape index (κ3) is 6.16. The first-order chi connectivity index (χ1) is 12.6. The first kappa shape index (κ1) is 19.9. The van der Waals surface area contributed by atoms with Gasteiger partial charge in [-0.1, -0.05) is 6.92 Å². The van der Waals surface area contributed by atoms with Gasteiger partial charge in [0.2, 0.25) is 11.9 Å². The molecule has 144 valence electrons. The van der Waals surface area contributed by atoms with Crippen molar-refractivity contribution in [3.8, 4) is 0 Å². The maximum absolute atomic E-state index is 11.9. The summed E-state index contributed by atoms with van der Waals surface area (Å²) in [6.07, 6.45) is 4.89. The Hall–Kier alpha value is -2.38. The molecular formula is C18H31N7O. The Labute approximate surface area is 156 Å². The maximum atomic E-state index is 11.9. The van der Waals surface area contributed by atoms with Gasteiger partial charge in [0.15, 0.2) is 5.96 Å². The van der Waals surface area contributed by atoms with E-state index in [1.54, 1.807) is 12.4 Å². The SMILES string of the molecule is CCNC(=NCCC(=O)NC(C)CC)N1CCN(c2ncccn2)CC1. The van der Waals surface area contributed by atoms with Crippen LogP contribution in [0.2, 0.25) is 0 Å². The Bertz CT molecular complexity index is 570. The Morgan fingerprint density at radius 1 is 1.23 bits per heavy atom. The van der Waals surface area contributed by atoms with E-state index in [9.17, 15) is 4.79 Å². The molecule has 2 heterocycles. The first-order valence-corrected chi connectivity index (χ1v) is 9.48. The number of piperazine rings is 1. The molecule has 1 aliphatic heterocycles. The highest BCUT2D eigenvalue weighted by molar-refractivity contribution is 5.81. The van der Waals surface area contributed by atoms with E-state index < -0.39 is 0 Å². The molecule has 0 spiro atoms. The summed E-state index contributed by atoms with van der Waals surface area (Å²) in [5.41, 5.74) is 0. The van der Waals surface area contributed by atoms with Crippen LogP contribution in [0.15, 0.2) is 23.5 Å². The molecule has 1 atom stereocenters. The van der Waals surface area contributed by atoms with Crippen molar-refractivity contribution < 1.29 is 4.79 Å². The molecule has 1 fully saturated rings. The second-order valence-electron chi connectivity index (χ2n) is 6.39. The first-order valence-electron chi connectivity index (χ1n) is 9.48. The third-order valence-corrected chi connectivity index (χ3v) is 4.37. The second kappa shape index (κ2) is 10.6. The van der Waals surface area contributed by atoms with E-state index >= 15 is 0 Å². The lowest BCUT2D eigenvalue weighted by Gasteiger charge is -2.36. The van der Waals surface area contributed by atoms with E-state index in [1.165, 1.54) is 0 Å². The van der Waals surface area contributed by atoms with Crippen molar-refractivity contribution in [1.29, 1.82) is 0 Å². The van der Waals surface area contributed by atoms with Gasteiger partial charge in [-0.2, -0.15) is 0 Å². The molecule has 1 unspecified atom stereocenters. The average Bonchev–Trinajstić information content (AvgIpc) is 2.68. The van der Waals surface area contributed by atoms with Crippen molar-refractivity contribution >= 4 is 17.8 Å². The Morgan fingerprint density at radius 3 is 2.54 bits per heavy atom. The summed E-state index contributed by atoms with van der Waals surface area (Å²) in [5, 5.41) is 6.30. The zero-order valence-electron chi connectivity index (χ0n) is 16.1. The fourth-order valence-corrected chi connectivity index (χ4v) is 2.71. The molecule has 0 aromatic carbocycles. The standard InChI is InChI=1S/C18H31N7O/c1-4-15(3)23-16(26)7-10-22-17(19-5-2)24-11-13-25(14-12-24)18-20-8-6-9-21-18/h6,8-9,15H,4-5,7,10-14H2,1-3H3,(H,19,22)(H,23,26). The minimum atomic E-state index is 0.0602. The molecule has 0 aliphatic carbocycles. The molecule has 0 radical (unpaired) electrons. The predicted octanol–water partition coefficient (Wildman–Crippen LogP) is 0.869. The van der Waals surface area contributed by atoms with Crippen LogP contribution in [0.4, 0.5) is 5.95 Å². The summed E-state index contributed by atoms with van der Waals surface area (Å²) in [6, 6.07) is 2.04. The lowest BCUT2D eigenvalue weighted by atomic mass is 10.2. The molecule has 1 saturated heterocycles. The number of rotatable bonds is 7. The molecule has 1 aromatic rings. The maximum Gasteiger partial charge on any atom is 0.225 e.